The van der Waals surface area contributed by atoms with Crippen LogP contribution in [0.4, 0.5) is 4.79 Å². The van der Waals surface area contributed by atoms with E-state index in [9.17, 15) is 4.79 Å². The second-order valence-electron chi connectivity index (χ2n) is 5.75. The van der Waals surface area contributed by atoms with Crippen molar-refractivity contribution in [2.75, 3.05) is 0 Å². The maximum Gasteiger partial charge on any atom is 0.410 e. The highest BCUT2D eigenvalue weighted by Gasteiger charge is 2.54. The number of amides is 1. The molecule has 86 valence electrons. The van der Waals surface area contributed by atoms with Crippen molar-refractivity contribution in [2.45, 2.75) is 64.6 Å². The second-order valence-corrected chi connectivity index (χ2v) is 5.75. The molecule has 1 saturated carbocycles. The van der Waals surface area contributed by atoms with Crippen LogP contribution in [0.5, 0.6) is 0 Å². The van der Waals surface area contributed by atoms with Gasteiger partial charge in [0.15, 0.2) is 0 Å². The number of carbonyl (C=O) groups is 1. The van der Waals surface area contributed by atoms with Crippen molar-refractivity contribution in [2.24, 2.45) is 5.92 Å². The van der Waals surface area contributed by atoms with E-state index in [0.717, 1.165) is 12.3 Å². The molecule has 1 aliphatic heterocycles. The quantitative estimate of drug-likeness (QED) is 0.667. The van der Waals surface area contributed by atoms with E-state index in [1.807, 2.05) is 25.7 Å². The zero-order valence-electron chi connectivity index (χ0n) is 10.1. The Balaban J connectivity index is 1.99. The van der Waals surface area contributed by atoms with Gasteiger partial charge in [0.2, 0.25) is 0 Å². The first-order valence-corrected chi connectivity index (χ1v) is 5.93. The molecule has 1 amide bonds. The van der Waals surface area contributed by atoms with Gasteiger partial charge in [0.05, 0.1) is 0 Å². The van der Waals surface area contributed by atoms with Gasteiger partial charge in [-0.1, -0.05) is 6.92 Å². The maximum absolute atomic E-state index is 12.0. The van der Waals surface area contributed by atoms with Crippen molar-refractivity contribution < 1.29 is 9.53 Å². The van der Waals surface area contributed by atoms with E-state index in [2.05, 4.69) is 6.92 Å². The van der Waals surface area contributed by atoms with Crippen LogP contribution in [-0.4, -0.2) is 28.7 Å². The van der Waals surface area contributed by atoms with E-state index < -0.39 is 0 Å². The second kappa shape index (κ2) is 3.39. The first-order chi connectivity index (χ1) is 6.92. The van der Waals surface area contributed by atoms with Crippen LogP contribution in [-0.2, 0) is 4.74 Å². The first kappa shape index (κ1) is 10.8. The number of fused-ring (bicyclic) bond motifs is 1. The third kappa shape index (κ3) is 2.11. The standard InChI is InChI=1S/C12H21NO2/c1-5-9-6-8-7-10(8)13(9)11(14)15-12(2,3)4/h8-10H,5-7H2,1-4H3. The molecule has 0 aromatic heterocycles. The molecule has 0 N–H and O–H groups in total. The average molecular weight is 211 g/mol. The molecule has 1 heterocycles. The SMILES string of the molecule is CCC1CC2CC2N1C(=O)OC(C)(C)C. The lowest BCUT2D eigenvalue weighted by atomic mass is 10.1. The van der Waals surface area contributed by atoms with Gasteiger partial charge in [-0.2, -0.15) is 0 Å². The van der Waals surface area contributed by atoms with Crippen LogP contribution in [0, 0.1) is 5.92 Å². The first-order valence-electron chi connectivity index (χ1n) is 5.93. The molecule has 0 aromatic carbocycles. The van der Waals surface area contributed by atoms with Crippen molar-refractivity contribution in [3.05, 3.63) is 0 Å². The highest BCUT2D eigenvalue weighted by atomic mass is 16.6. The van der Waals surface area contributed by atoms with Crippen molar-refractivity contribution >= 4 is 6.09 Å². The summed E-state index contributed by atoms with van der Waals surface area (Å²) in [6.07, 6.45) is 3.31. The molecular weight excluding hydrogens is 190 g/mol. The Morgan fingerprint density at radius 3 is 2.60 bits per heavy atom. The smallest absolute Gasteiger partial charge is 0.410 e. The molecule has 2 rings (SSSR count). The van der Waals surface area contributed by atoms with Crippen LogP contribution in [0.3, 0.4) is 0 Å². The van der Waals surface area contributed by atoms with Gasteiger partial charge in [0.1, 0.15) is 5.60 Å². The summed E-state index contributed by atoms with van der Waals surface area (Å²) in [5.74, 6) is 0.766. The molecule has 3 nitrogen and oxygen atoms in total. The number of nitrogens with zero attached hydrogens (tertiary/aromatic N) is 1. The molecule has 0 radical (unpaired) electrons. The lowest BCUT2D eigenvalue weighted by Crippen LogP contribution is -2.41. The predicted molar refractivity (Wildman–Crippen MR) is 58.7 cm³/mol. The van der Waals surface area contributed by atoms with E-state index >= 15 is 0 Å². The zero-order chi connectivity index (χ0) is 11.2. The van der Waals surface area contributed by atoms with Crippen LogP contribution in [0.25, 0.3) is 0 Å². The summed E-state index contributed by atoms with van der Waals surface area (Å²) in [4.78, 5) is 14.0. The van der Waals surface area contributed by atoms with Gasteiger partial charge in [-0.25, -0.2) is 4.79 Å². The number of hydrogen-bond acceptors (Lipinski definition) is 2. The number of piperidine rings is 1. The molecular formula is C12H21NO2. The molecule has 0 bridgehead atoms. The average Bonchev–Trinajstić information content (AvgIpc) is 2.73. The minimum Gasteiger partial charge on any atom is -0.444 e. The van der Waals surface area contributed by atoms with Crippen molar-refractivity contribution in [1.82, 2.24) is 4.90 Å². The fraction of sp³-hybridized carbons (Fsp3) is 0.917. The number of hydrogen-bond donors (Lipinski definition) is 0. The summed E-state index contributed by atoms with van der Waals surface area (Å²) in [6, 6.07) is 0.911. The van der Waals surface area contributed by atoms with Gasteiger partial charge in [-0.15, -0.1) is 0 Å². The topological polar surface area (TPSA) is 29.5 Å². The zero-order valence-corrected chi connectivity index (χ0v) is 10.1. The molecule has 2 aliphatic rings. The molecule has 1 saturated heterocycles. The molecule has 0 aromatic rings. The largest absolute Gasteiger partial charge is 0.444 e. The van der Waals surface area contributed by atoms with E-state index in [0.29, 0.717) is 12.1 Å². The van der Waals surface area contributed by atoms with Crippen molar-refractivity contribution in [3.63, 3.8) is 0 Å². The fourth-order valence-corrected chi connectivity index (χ4v) is 2.52. The van der Waals surface area contributed by atoms with E-state index in [1.165, 1.54) is 12.8 Å². The van der Waals surface area contributed by atoms with Crippen LogP contribution in [0.2, 0.25) is 0 Å². The number of ether oxygens (including phenoxy) is 1. The molecule has 3 atom stereocenters. The predicted octanol–water partition coefficient (Wildman–Crippen LogP) is 2.79. The summed E-state index contributed by atoms with van der Waals surface area (Å²) < 4.78 is 5.44. The summed E-state index contributed by atoms with van der Waals surface area (Å²) in [5.41, 5.74) is -0.373. The van der Waals surface area contributed by atoms with E-state index in [4.69, 9.17) is 4.74 Å². The molecule has 0 spiro atoms. The Morgan fingerprint density at radius 2 is 2.07 bits per heavy atom. The third-order valence-corrected chi connectivity index (χ3v) is 3.29. The van der Waals surface area contributed by atoms with Gasteiger partial charge in [0, 0.05) is 12.1 Å². The Labute approximate surface area is 91.8 Å². The van der Waals surface area contributed by atoms with E-state index in [1.54, 1.807) is 0 Å². The third-order valence-electron chi connectivity index (χ3n) is 3.29. The monoisotopic (exact) mass is 211 g/mol. The number of likely N-dealkylation sites (tertiary alicyclic amines) is 1. The summed E-state index contributed by atoms with van der Waals surface area (Å²) in [5, 5.41) is 0. The Hall–Kier alpha value is -0.730. The Kier molecular flexibility index (Phi) is 2.44. The van der Waals surface area contributed by atoms with E-state index in [-0.39, 0.29) is 11.7 Å². The summed E-state index contributed by atoms with van der Waals surface area (Å²) >= 11 is 0. The molecule has 3 unspecified atom stereocenters. The van der Waals surface area contributed by atoms with Crippen molar-refractivity contribution in [3.8, 4) is 0 Å². The van der Waals surface area contributed by atoms with Gasteiger partial charge in [0.25, 0.3) is 0 Å². The minimum absolute atomic E-state index is 0.112. The van der Waals surface area contributed by atoms with Crippen LogP contribution < -0.4 is 0 Å². The minimum atomic E-state index is -0.373. The lowest BCUT2D eigenvalue weighted by molar-refractivity contribution is 0.0181. The molecule has 2 fully saturated rings. The summed E-state index contributed by atoms with van der Waals surface area (Å²) in [6.45, 7) is 7.91. The maximum atomic E-state index is 12.0. The molecule has 15 heavy (non-hydrogen) atoms. The normalized spacial score (nSPS) is 33.9. The van der Waals surface area contributed by atoms with Crippen LogP contribution in [0.1, 0.15) is 47.0 Å². The van der Waals surface area contributed by atoms with Gasteiger partial charge >= 0.3 is 6.09 Å². The Bertz CT molecular complexity index is 269. The summed E-state index contributed by atoms with van der Waals surface area (Å²) in [7, 11) is 0. The lowest BCUT2D eigenvalue weighted by Gasteiger charge is -2.30. The van der Waals surface area contributed by atoms with Gasteiger partial charge in [-0.3, -0.25) is 0 Å². The Morgan fingerprint density at radius 1 is 1.40 bits per heavy atom. The van der Waals surface area contributed by atoms with Crippen LogP contribution >= 0.6 is 0 Å². The molecule has 1 aliphatic carbocycles. The molecule has 3 heteroatoms. The van der Waals surface area contributed by atoms with Gasteiger partial charge in [-0.05, 0) is 46.0 Å². The van der Waals surface area contributed by atoms with Crippen molar-refractivity contribution in [1.29, 1.82) is 0 Å². The highest BCUT2D eigenvalue weighted by Crippen LogP contribution is 2.48. The number of rotatable bonds is 1. The number of carbonyl (C=O) groups excluding carboxylic acids is 1. The fourth-order valence-electron chi connectivity index (χ4n) is 2.52. The van der Waals surface area contributed by atoms with Crippen LogP contribution in [0.15, 0.2) is 0 Å². The van der Waals surface area contributed by atoms with Gasteiger partial charge < -0.3 is 9.64 Å². The highest BCUT2D eigenvalue weighted by molar-refractivity contribution is 5.70.